The number of piperidine rings is 1. The fraction of sp³-hybridized carbons (Fsp3) is 0.375. The maximum absolute atomic E-state index is 12.7. The summed E-state index contributed by atoms with van der Waals surface area (Å²) in [5, 5.41) is 4.36. The number of carbonyl (C=O) groups is 2. The first kappa shape index (κ1) is 18.9. The van der Waals surface area contributed by atoms with Gasteiger partial charge in [0.15, 0.2) is 0 Å². The second kappa shape index (κ2) is 7.59. The van der Waals surface area contributed by atoms with Gasteiger partial charge >= 0.3 is 0 Å². The van der Waals surface area contributed by atoms with Crippen molar-refractivity contribution in [3.63, 3.8) is 0 Å². The number of nitrogens with one attached hydrogen (secondary N) is 2. The fourth-order valence-corrected chi connectivity index (χ4v) is 4.79. The van der Waals surface area contributed by atoms with Crippen LogP contribution in [-0.4, -0.2) is 45.8 Å². The number of benzene rings is 1. The molecule has 0 bridgehead atoms. The second-order valence-corrected chi connectivity index (χ2v) is 8.57. The van der Waals surface area contributed by atoms with Crippen molar-refractivity contribution in [1.82, 2.24) is 20.2 Å². The Bertz CT molecular complexity index is 1070. The molecule has 2 aliphatic rings. The molecule has 1 unspecified atom stereocenters. The van der Waals surface area contributed by atoms with Crippen molar-refractivity contribution in [2.45, 2.75) is 38.1 Å². The molecule has 6 nitrogen and oxygen atoms in total. The number of rotatable bonds is 5. The molecule has 6 heteroatoms. The normalized spacial score (nSPS) is 19.7. The summed E-state index contributed by atoms with van der Waals surface area (Å²) in [6.07, 6.45) is 9.53. The summed E-state index contributed by atoms with van der Waals surface area (Å²) in [6.45, 7) is 1.57. The van der Waals surface area contributed by atoms with Crippen molar-refractivity contribution in [1.29, 1.82) is 0 Å². The highest BCUT2D eigenvalue weighted by atomic mass is 16.2. The number of aromatic amines is 1. The van der Waals surface area contributed by atoms with Gasteiger partial charge < -0.3 is 15.2 Å². The van der Waals surface area contributed by atoms with Crippen LogP contribution in [0.3, 0.4) is 0 Å². The number of fused-ring (bicyclic) bond motifs is 1. The lowest BCUT2D eigenvalue weighted by Crippen LogP contribution is -2.41. The number of pyridine rings is 1. The van der Waals surface area contributed by atoms with Crippen LogP contribution in [0, 0.1) is 5.41 Å². The minimum atomic E-state index is -0.0310. The summed E-state index contributed by atoms with van der Waals surface area (Å²) in [7, 11) is 0. The third-order valence-electron chi connectivity index (χ3n) is 6.83. The van der Waals surface area contributed by atoms with Gasteiger partial charge in [-0.2, -0.15) is 0 Å². The number of para-hydroxylation sites is 1. The lowest BCUT2D eigenvalue weighted by atomic mass is 9.92. The van der Waals surface area contributed by atoms with Crippen molar-refractivity contribution >= 4 is 22.7 Å². The summed E-state index contributed by atoms with van der Waals surface area (Å²) in [5.74, 6) is 0.199. The van der Waals surface area contributed by atoms with Crippen LogP contribution in [0.25, 0.3) is 10.9 Å². The van der Waals surface area contributed by atoms with Crippen molar-refractivity contribution in [3.05, 3.63) is 66.1 Å². The molecule has 2 fully saturated rings. The third-order valence-corrected chi connectivity index (χ3v) is 6.83. The maximum Gasteiger partial charge on any atom is 0.251 e. The van der Waals surface area contributed by atoms with E-state index in [9.17, 15) is 9.59 Å². The number of amides is 2. The zero-order valence-electron chi connectivity index (χ0n) is 16.9. The summed E-state index contributed by atoms with van der Waals surface area (Å²) in [5.41, 5.74) is 3.15. The van der Waals surface area contributed by atoms with Crippen LogP contribution in [0.15, 0.2) is 55.0 Å². The van der Waals surface area contributed by atoms with E-state index < -0.39 is 0 Å². The number of likely N-dealkylation sites (tertiary alicyclic amines) is 1. The second-order valence-electron chi connectivity index (χ2n) is 8.57. The van der Waals surface area contributed by atoms with Gasteiger partial charge in [-0.25, -0.2) is 0 Å². The molecule has 1 atom stereocenters. The number of hydrogen-bond acceptors (Lipinski definition) is 3. The topological polar surface area (TPSA) is 78.1 Å². The molecule has 5 rings (SSSR count). The Morgan fingerprint density at radius 1 is 1.13 bits per heavy atom. The van der Waals surface area contributed by atoms with Crippen molar-refractivity contribution in [2.75, 3.05) is 13.1 Å². The van der Waals surface area contributed by atoms with Crippen LogP contribution in [-0.2, 0) is 11.2 Å². The molecule has 2 amide bonds. The van der Waals surface area contributed by atoms with Crippen LogP contribution < -0.4 is 5.32 Å². The first-order chi connectivity index (χ1) is 14.6. The molecule has 154 valence electrons. The standard InChI is InChI=1S/C24H26N4O2/c29-22(6-5-18-16-26-20-4-2-1-3-19(18)20)28-13-9-24(10-14-28)15-21(24)27-23(30)17-7-11-25-12-8-17/h1-4,7-8,11-12,16,21,26H,5-6,9-10,13-15H2,(H,27,30). The van der Waals surface area contributed by atoms with Crippen LogP contribution in [0.1, 0.15) is 41.6 Å². The highest BCUT2D eigenvalue weighted by Gasteiger charge is 2.55. The molecule has 2 N–H and O–H groups in total. The highest BCUT2D eigenvalue weighted by Crippen LogP contribution is 2.54. The monoisotopic (exact) mass is 402 g/mol. The zero-order chi connectivity index (χ0) is 20.6. The smallest absolute Gasteiger partial charge is 0.251 e. The van der Waals surface area contributed by atoms with E-state index in [1.54, 1.807) is 24.5 Å². The van der Waals surface area contributed by atoms with Gasteiger partial charge in [-0.15, -0.1) is 0 Å². The average molecular weight is 402 g/mol. The predicted octanol–water partition coefficient (Wildman–Crippen LogP) is 3.31. The largest absolute Gasteiger partial charge is 0.361 e. The lowest BCUT2D eigenvalue weighted by molar-refractivity contribution is -0.132. The average Bonchev–Trinajstić information content (AvgIpc) is 3.26. The Kier molecular flexibility index (Phi) is 4.77. The number of hydrogen-bond donors (Lipinski definition) is 2. The van der Waals surface area contributed by atoms with Crippen LogP contribution in [0.2, 0.25) is 0 Å². The number of H-pyrrole nitrogens is 1. The minimum Gasteiger partial charge on any atom is -0.361 e. The molecule has 2 aromatic heterocycles. The molecule has 1 aliphatic carbocycles. The quantitative estimate of drug-likeness (QED) is 0.687. The first-order valence-corrected chi connectivity index (χ1v) is 10.7. The molecule has 3 heterocycles. The highest BCUT2D eigenvalue weighted by molar-refractivity contribution is 5.94. The molecule has 1 spiro atoms. The van der Waals surface area contributed by atoms with Gasteiger partial charge in [0.2, 0.25) is 5.91 Å². The van der Waals surface area contributed by atoms with E-state index in [4.69, 9.17) is 0 Å². The van der Waals surface area contributed by atoms with E-state index in [1.807, 2.05) is 23.2 Å². The first-order valence-electron chi connectivity index (χ1n) is 10.7. The predicted molar refractivity (Wildman–Crippen MR) is 115 cm³/mol. The Labute approximate surface area is 175 Å². The van der Waals surface area contributed by atoms with Gasteiger partial charge in [0, 0.05) is 60.6 Å². The van der Waals surface area contributed by atoms with E-state index in [2.05, 4.69) is 27.4 Å². The summed E-state index contributed by atoms with van der Waals surface area (Å²) >= 11 is 0. The van der Waals surface area contributed by atoms with Crippen LogP contribution in [0.5, 0.6) is 0 Å². The van der Waals surface area contributed by atoms with E-state index in [0.717, 1.165) is 44.3 Å². The molecule has 1 aromatic carbocycles. The van der Waals surface area contributed by atoms with E-state index in [-0.39, 0.29) is 23.3 Å². The Morgan fingerprint density at radius 3 is 2.70 bits per heavy atom. The van der Waals surface area contributed by atoms with Gasteiger partial charge in [-0.1, -0.05) is 18.2 Å². The Hall–Kier alpha value is -3.15. The Balaban J connectivity index is 1.11. The van der Waals surface area contributed by atoms with Crippen LogP contribution >= 0.6 is 0 Å². The molecule has 0 radical (unpaired) electrons. The molecule has 1 saturated carbocycles. The van der Waals surface area contributed by atoms with E-state index >= 15 is 0 Å². The lowest BCUT2D eigenvalue weighted by Gasteiger charge is -2.33. The zero-order valence-corrected chi connectivity index (χ0v) is 16.9. The molecule has 3 aromatic rings. The SMILES string of the molecule is O=C(NC1CC12CCN(C(=O)CCc1c[nH]c3ccccc13)CC2)c1ccncc1. The maximum atomic E-state index is 12.7. The van der Waals surface area contributed by atoms with Gasteiger partial charge in [-0.05, 0) is 54.9 Å². The van der Waals surface area contributed by atoms with Gasteiger partial charge in [0.05, 0.1) is 0 Å². The van der Waals surface area contributed by atoms with Gasteiger partial charge in [0.25, 0.3) is 5.91 Å². The molecular formula is C24H26N4O2. The number of aryl methyl sites for hydroxylation is 1. The number of nitrogens with zero attached hydrogens (tertiary/aromatic N) is 2. The number of carbonyl (C=O) groups excluding carboxylic acids is 2. The third kappa shape index (κ3) is 3.58. The molecule has 30 heavy (non-hydrogen) atoms. The minimum absolute atomic E-state index is 0.0310. The summed E-state index contributed by atoms with van der Waals surface area (Å²) in [6, 6.07) is 11.9. The van der Waals surface area contributed by atoms with Gasteiger partial charge in [-0.3, -0.25) is 14.6 Å². The van der Waals surface area contributed by atoms with Crippen molar-refractivity contribution < 1.29 is 9.59 Å². The van der Waals surface area contributed by atoms with Crippen molar-refractivity contribution in [2.24, 2.45) is 5.41 Å². The van der Waals surface area contributed by atoms with Crippen molar-refractivity contribution in [3.8, 4) is 0 Å². The Morgan fingerprint density at radius 2 is 1.90 bits per heavy atom. The van der Waals surface area contributed by atoms with E-state index in [1.165, 1.54) is 10.9 Å². The molecule has 1 aliphatic heterocycles. The van der Waals surface area contributed by atoms with Crippen LogP contribution in [0.4, 0.5) is 0 Å². The summed E-state index contributed by atoms with van der Waals surface area (Å²) in [4.78, 5) is 34.4. The summed E-state index contributed by atoms with van der Waals surface area (Å²) < 4.78 is 0. The van der Waals surface area contributed by atoms with E-state index in [0.29, 0.717) is 12.0 Å². The molecular weight excluding hydrogens is 376 g/mol. The fourth-order valence-electron chi connectivity index (χ4n) is 4.79. The van der Waals surface area contributed by atoms with Gasteiger partial charge in [0.1, 0.15) is 0 Å². The number of aromatic nitrogens is 2. The molecule has 1 saturated heterocycles.